The number of amides is 1. The van der Waals surface area contributed by atoms with Crippen LogP contribution >= 0.6 is 11.8 Å². The van der Waals surface area contributed by atoms with Gasteiger partial charge in [-0.15, -0.1) is 10.2 Å². The van der Waals surface area contributed by atoms with Crippen LogP contribution in [0.4, 0.5) is 10.1 Å². The molecule has 1 aliphatic heterocycles. The summed E-state index contributed by atoms with van der Waals surface area (Å²) in [5.74, 6) is 6.70. The Labute approximate surface area is 163 Å². The Morgan fingerprint density at radius 1 is 1.25 bits per heavy atom. The highest BCUT2D eigenvalue weighted by Gasteiger charge is 2.22. The molecule has 2 heterocycles. The second-order valence-electron chi connectivity index (χ2n) is 5.97. The second kappa shape index (κ2) is 7.39. The smallest absolute Gasteiger partial charge is 0.237 e. The number of halogens is 1. The Hall–Kier alpha value is -3.27. The number of carbonyl (C=O) groups is 1. The molecule has 2 aromatic carbocycles. The van der Waals surface area contributed by atoms with Crippen LogP contribution in [0.15, 0.2) is 47.6 Å². The Morgan fingerprint density at radius 2 is 2.04 bits per heavy atom. The fourth-order valence-corrected chi connectivity index (χ4v) is 3.38. The van der Waals surface area contributed by atoms with Crippen molar-refractivity contribution in [3.8, 4) is 22.9 Å². The maximum Gasteiger partial charge on any atom is 0.237 e. The fourth-order valence-electron chi connectivity index (χ4n) is 2.61. The molecule has 144 valence electrons. The van der Waals surface area contributed by atoms with Crippen molar-refractivity contribution in [2.75, 3.05) is 18.0 Å². The number of hydrogen-bond donors (Lipinski definition) is 2. The molecule has 3 N–H and O–H groups in total. The number of thioether (sulfide) groups is 1. The zero-order valence-corrected chi connectivity index (χ0v) is 15.6. The monoisotopic (exact) mass is 401 g/mol. The minimum atomic E-state index is -0.523. The molecule has 1 aromatic heterocycles. The number of benzene rings is 2. The molecule has 0 unspecified atom stereocenters. The average molecular weight is 401 g/mol. The summed E-state index contributed by atoms with van der Waals surface area (Å²) in [5.41, 5.74) is 0.824. The highest BCUT2D eigenvalue weighted by molar-refractivity contribution is 8.00. The van der Waals surface area contributed by atoms with E-state index in [0.29, 0.717) is 22.3 Å². The summed E-state index contributed by atoms with van der Waals surface area (Å²) >= 11 is 1.12. The van der Waals surface area contributed by atoms with Gasteiger partial charge in [0.2, 0.25) is 17.9 Å². The topological polar surface area (TPSA) is 104 Å². The van der Waals surface area contributed by atoms with Crippen LogP contribution in [0.2, 0.25) is 0 Å². The van der Waals surface area contributed by atoms with E-state index in [1.807, 2.05) is 0 Å². The largest absolute Gasteiger partial charge is 0.454 e. The van der Waals surface area contributed by atoms with Gasteiger partial charge in [0.05, 0.1) is 10.8 Å². The number of rotatable bonds is 5. The molecule has 0 radical (unpaired) electrons. The van der Waals surface area contributed by atoms with Gasteiger partial charge in [-0.25, -0.2) is 9.07 Å². The zero-order valence-electron chi connectivity index (χ0n) is 14.8. The molecule has 1 atom stereocenters. The molecule has 0 bridgehead atoms. The van der Waals surface area contributed by atoms with Gasteiger partial charge in [0, 0.05) is 11.8 Å². The lowest BCUT2D eigenvalue weighted by Crippen LogP contribution is -2.23. The molecule has 0 spiro atoms. The van der Waals surface area contributed by atoms with Gasteiger partial charge in [-0.1, -0.05) is 23.9 Å². The van der Waals surface area contributed by atoms with Crippen LogP contribution in [0.1, 0.15) is 6.92 Å². The quantitative estimate of drug-likeness (QED) is 0.500. The lowest BCUT2D eigenvalue weighted by molar-refractivity contribution is -0.115. The van der Waals surface area contributed by atoms with Crippen molar-refractivity contribution in [1.82, 2.24) is 14.9 Å². The molecule has 28 heavy (non-hydrogen) atoms. The number of nitrogens with one attached hydrogen (secondary N) is 1. The van der Waals surface area contributed by atoms with Crippen molar-refractivity contribution in [3.63, 3.8) is 0 Å². The molecule has 0 fully saturated rings. The molecule has 4 rings (SSSR count). The summed E-state index contributed by atoms with van der Waals surface area (Å²) in [7, 11) is 0. The van der Waals surface area contributed by atoms with Crippen LogP contribution in [-0.4, -0.2) is 32.8 Å². The molecule has 1 aliphatic rings. The number of nitrogen functional groups attached to an aromatic ring is 1. The van der Waals surface area contributed by atoms with Gasteiger partial charge >= 0.3 is 0 Å². The van der Waals surface area contributed by atoms with Gasteiger partial charge in [-0.2, -0.15) is 0 Å². The van der Waals surface area contributed by atoms with Crippen molar-refractivity contribution >= 4 is 23.4 Å². The maximum absolute atomic E-state index is 14.0. The van der Waals surface area contributed by atoms with E-state index in [1.165, 1.54) is 10.7 Å². The minimum absolute atomic E-state index is 0.162. The highest BCUT2D eigenvalue weighted by Crippen LogP contribution is 2.34. The van der Waals surface area contributed by atoms with E-state index >= 15 is 0 Å². The molecular weight excluding hydrogens is 385 g/mol. The molecule has 10 heteroatoms. The van der Waals surface area contributed by atoms with Crippen molar-refractivity contribution in [2.45, 2.75) is 17.3 Å². The Kier molecular flexibility index (Phi) is 4.78. The summed E-state index contributed by atoms with van der Waals surface area (Å²) in [4.78, 5) is 12.5. The Morgan fingerprint density at radius 3 is 2.86 bits per heavy atom. The zero-order chi connectivity index (χ0) is 19.7. The predicted octanol–water partition coefficient (Wildman–Crippen LogP) is 2.65. The Bertz CT molecular complexity index is 1040. The first-order chi connectivity index (χ1) is 13.5. The van der Waals surface area contributed by atoms with Crippen LogP contribution < -0.4 is 20.6 Å². The van der Waals surface area contributed by atoms with Crippen molar-refractivity contribution < 1.29 is 18.7 Å². The summed E-state index contributed by atoms with van der Waals surface area (Å²) in [5, 5.41) is 10.5. The molecule has 0 saturated carbocycles. The number of carbonyl (C=O) groups excluding carboxylic acids is 1. The van der Waals surface area contributed by atoms with Gasteiger partial charge in [0.25, 0.3) is 0 Å². The number of hydrogen-bond acceptors (Lipinski definition) is 7. The standard InChI is InChI=1S/C18H16FN5O3S/c1-10(17(25)21-11-6-7-14-15(8-11)27-9-26-14)28-18-23-22-16(24(18)20)12-4-2-3-5-13(12)19/h2-8,10H,9,20H2,1H3,(H,21,25)/t10-/m1/s1. The van der Waals surface area contributed by atoms with Crippen LogP contribution in [0.5, 0.6) is 11.5 Å². The number of ether oxygens (including phenoxy) is 2. The van der Waals surface area contributed by atoms with Gasteiger partial charge in [0.1, 0.15) is 5.82 Å². The van der Waals surface area contributed by atoms with Gasteiger partial charge in [-0.3, -0.25) is 4.79 Å². The van der Waals surface area contributed by atoms with E-state index in [9.17, 15) is 9.18 Å². The third-order valence-corrected chi connectivity index (χ3v) is 5.13. The van der Waals surface area contributed by atoms with Gasteiger partial charge in [0.15, 0.2) is 17.3 Å². The molecule has 3 aromatic rings. The van der Waals surface area contributed by atoms with Gasteiger partial charge < -0.3 is 20.6 Å². The number of aromatic nitrogens is 3. The first-order valence-electron chi connectivity index (χ1n) is 8.35. The van der Waals surface area contributed by atoms with Crippen LogP contribution in [0, 0.1) is 5.82 Å². The van der Waals surface area contributed by atoms with E-state index in [1.54, 1.807) is 43.3 Å². The van der Waals surface area contributed by atoms with Crippen molar-refractivity contribution in [1.29, 1.82) is 0 Å². The van der Waals surface area contributed by atoms with Crippen molar-refractivity contribution in [2.24, 2.45) is 0 Å². The summed E-state index contributed by atoms with van der Waals surface area (Å²) in [6.07, 6.45) is 0. The summed E-state index contributed by atoms with van der Waals surface area (Å²) < 4.78 is 25.7. The van der Waals surface area contributed by atoms with E-state index < -0.39 is 11.1 Å². The van der Waals surface area contributed by atoms with Crippen LogP contribution in [-0.2, 0) is 4.79 Å². The van der Waals surface area contributed by atoms with Crippen molar-refractivity contribution in [3.05, 3.63) is 48.3 Å². The average Bonchev–Trinajstić information content (AvgIpc) is 3.29. The normalized spacial score (nSPS) is 13.4. The molecule has 1 amide bonds. The molecular formula is C18H16FN5O3S. The summed E-state index contributed by atoms with van der Waals surface area (Å²) in [6, 6.07) is 11.3. The Balaban J connectivity index is 1.46. The van der Waals surface area contributed by atoms with Crippen LogP contribution in [0.25, 0.3) is 11.4 Å². The van der Waals surface area contributed by atoms with Crippen LogP contribution in [0.3, 0.4) is 0 Å². The van der Waals surface area contributed by atoms with E-state index in [4.69, 9.17) is 15.3 Å². The first-order valence-corrected chi connectivity index (χ1v) is 9.23. The summed E-state index contributed by atoms with van der Waals surface area (Å²) in [6.45, 7) is 1.87. The third kappa shape index (κ3) is 3.46. The fraction of sp³-hybridized carbons (Fsp3) is 0.167. The molecule has 0 aliphatic carbocycles. The number of fused-ring (bicyclic) bond motifs is 1. The number of anilines is 1. The molecule has 0 saturated heterocycles. The van der Waals surface area contributed by atoms with E-state index in [-0.39, 0.29) is 24.1 Å². The number of nitrogens with zero attached hydrogens (tertiary/aromatic N) is 3. The third-order valence-electron chi connectivity index (χ3n) is 4.07. The molecule has 8 nitrogen and oxygen atoms in total. The van der Waals surface area contributed by atoms with E-state index in [0.717, 1.165) is 11.8 Å². The maximum atomic E-state index is 14.0. The lowest BCUT2D eigenvalue weighted by atomic mass is 10.2. The second-order valence-corrected chi connectivity index (χ2v) is 7.28. The minimum Gasteiger partial charge on any atom is -0.454 e. The lowest BCUT2D eigenvalue weighted by Gasteiger charge is -2.12. The first kappa shape index (κ1) is 18.1. The van der Waals surface area contributed by atoms with E-state index in [2.05, 4.69) is 15.5 Å². The predicted molar refractivity (Wildman–Crippen MR) is 102 cm³/mol. The van der Waals surface area contributed by atoms with Gasteiger partial charge in [-0.05, 0) is 31.2 Å². The highest BCUT2D eigenvalue weighted by atomic mass is 32.2. The number of nitrogens with two attached hydrogens (primary N) is 1. The SMILES string of the molecule is C[C@@H](Sc1nnc(-c2ccccc2F)n1N)C(=O)Nc1ccc2c(c1)OCO2.